The second-order valence-electron chi connectivity index (χ2n) is 5.91. The third kappa shape index (κ3) is 5.39. The molecule has 0 saturated carbocycles. The highest BCUT2D eigenvalue weighted by Crippen LogP contribution is 2.15. The van der Waals surface area contributed by atoms with Gasteiger partial charge in [0.15, 0.2) is 6.10 Å². The summed E-state index contributed by atoms with van der Waals surface area (Å²) in [4.78, 5) is 12.4. The molecule has 0 spiro atoms. The third-order valence-electron chi connectivity index (χ3n) is 4.02. The Bertz CT molecular complexity index is 641. The van der Waals surface area contributed by atoms with Crippen molar-refractivity contribution >= 4 is 5.91 Å². The second kappa shape index (κ2) is 9.32. The van der Waals surface area contributed by atoms with Crippen molar-refractivity contribution < 1.29 is 19.0 Å². The average molecular weight is 341 g/mol. The molecule has 1 saturated heterocycles. The van der Waals surface area contributed by atoms with E-state index in [1.807, 2.05) is 60.7 Å². The molecule has 1 amide bonds. The quantitative estimate of drug-likeness (QED) is 0.841. The van der Waals surface area contributed by atoms with E-state index in [0.717, 1.165) is 11.1 Å². The van der Waals surface area contributed by atoms with Gasteiger partial charge in [-0.1, -0.05) is 60.7 Å². The lowest BCUT2D eigenvalue weighted by molar-refractivity contribution is -0.148. The van der Waals surface area contributed by atoms with Gasteiger partial charge in [-0.25, -0.2) is 0 Å². The number of hydrogen-bond donors (Lipinski definition) is 1. The van der Waals surface area contributed by atoms with Gasteiger partial charge in [-0.05, 0) is 11.1 Å². The molecular formula is C20H23NO4. The van der Waals surface area contributed by atoms with Crippen molar-refractivity contribution in [3.8, 4) is 0 Å². The minimum atomic E-state index is -0.561. The minimum absolute atomic E-state index is 0.170. The second-order valence-corrected chi connectivity index (χ2v) is 5.91. The van der Waals surface area contributed by atoms with Crippen LogP contribution in [0.25, 0.3) is 0 Å². The molecule has 1 heterocycles. The van der Waals surface area contributed by atoms with Gasteiger partial charge in [0.05, 0.1) is 39.1 Å². The van der Waals surface area contributed by atoms with Crippen molar-refractivity contribution in [3.63, 3.8) is 0 Å². The standard InChI is InChI=1S/C20H23NO4/c22-20(19-15-23-11-12-25-19)21-18(17-9-5-2-6-10-17)14-24-13-16-7-3-1-4-8-16/h1-10,18-19H,11-15H2,(H,21,22)/t18-,19+/m0/s1. The number of nitrogens with one attached hydrogen (secondary N) is 1. The van der Waals surface area contributed by atoms with Crippen LogP contribution in [0.4, 0.5) is 0 Å². The van der Waals surface area contributed by atoms with Crippen LogP contribution in [0.2, 0.25) is 0 Å². The van der Waals surface area contributed by atoms with E-state index in [1.54, 1.807) is 0 Å². The van der Waals surface area contributed by atoms with Crippen LogP contribution in [0.3, 0.4) is 0 Å². The summed E-state index contributed by atoms with van der Waals surface area (Å²) in [5.74, 6) is -0.170. The fourth-order valence-electron chi connectivity index (χ4n) is 2.68. The van der Waals surface area contributed by atoms with E-state index in [2.05, 4.69) is 5.32 Å². The third-order valence-corrected chi connectivity index (χ3v) is 4.02. The molecule has 0 unspecified atom stereocenters. The maximum atomic E-state index is 12.4. The minimum Gasteiger partial charge on any atom is -0.376 e. The Morgan fingerprint density at radius 1 is 1.08 bits per heavy atom. The number of rotatable bonds is 7. The number of hydrogen-bond acceptors (Lipinski definition) is 4. The van der Waals surface area contributed by atoms with E-state index in [0.29, 0.717) is 26.4 Å². The van der Waals surface area contributed by atoms with Crippen molar-refractivity contribution in [2.24, 2.45) is 0 Å². The Balaban J connectivity index is 1.60. The normalized spacial score (nSPS) is 18.5. The van der Waals surface area contributed by atoms with Crippen molar-refractivity contribution in [1.29, 1.82) is 0 Å². The van der Waals surface area contributed by atoms with E-state index in [9.17, 15) is 4.79 Å². The number of amides is 1. The van der Waals surface area contributed by atoms with E-state index < -0.39 is 6.10 Å². The van der Waals surface area contributed by atoms with Gasteiger partial charge in [-0.2, -0.15) is 0 Å². The number of ether oxygens (including phenoxy) is 3. The maximum absolute atomic E-state index is 12.4. The zero-order valence-corrected chi connectivity index (χ0v) is 14.1. The SMILES string of the molecule is O=C(N[C@@H](COCc1ccccc1)c1ccccc1)[C@H]1COCCO1. The summed E-state index contributed by atoms with van der Waals surface area (Å²) in [6, 6.07) is 19.6. The summed E-state index contributed by atoms with van der Waals surface area (Å²) in [5, 5.41) is 3.02. The monoisotopic (exact) mass is 341 g/mol. The van der Waals surface area contributed by atoms with E-state index >= 15 is 0 Å². The average Bonchev–Trinajstić information content (AvgIpc) is 2.69. The van der Waals surface area contributed by atoms with E-state index in [-0.39, 0.29) is 18.6 Å². The number of carbonyl (C=O) groups excluding carboxylic acids is 1. The molecule has 3 rings (SSSR count). The Labute approximate surface area is 147 Å². The molecule has 1 aliphatic rings. The first kappa shape index (κ1) is 17.6. The molecule has 0 aliphatic carbocycles. The molecule has 5 heteroatoms. The van der Waals surface area contributed by atoms with Crippen molar-refractivity contribution in [2.45, 2.75) is 18.8 Å². The van der Waals surface area contributed by atoms with Gasteiger partial charge in [0, 0.05) is 0 Å². The highest BCUT2D eigenvalue weighted by atomic mass is 16.6. The first-order chi connectivity index (χ1) is 12.3. The van der Waals surface area contributed by atoms with Gasteiger partial charge in [0.1, 0.15) is 0 Å². The lowest BCUT2D eigenvalue weighted by atomic mass is 10.1. The first-order valence-corrected chi connectivity index (χ1v) is 8.49. The lowest BCUT2D eigenvalue weighted by Gasteiger charge is -2.25. The summed E-state index contributed by atoms with van der Waals surface area (Å²) in [6.45, 7) is 2.16. The summed E-state index contributed by atoms with van der Waals surface area (Å²) in [7, 11) is 0. The Morgan fingerprint density at radius 3 is 2.48 bits per heavy atom. The Morgan fingerprint density at radius 2 is 1.80 bits per heavy atom. The van der Waals surface area contributed by atoms with Gasteiger partial charge in [-0.15, -0.1) is 0 Å². The highest BCUT2D eigenvalue weighted by molar-refractivity contribution is 5.81. The molecule has 5 nitrogen and oxygen atoms in total. The predicted octanol–water partition coefficient (Wildman–Crippen LogP) is 2.48. The Kier molecular flexibility index (Phi) is 6.56. The number of benzene rings is 2. The molecule has 2 aromatic carbocycles. The van der Waals surface area contributed by atoms with Gasteiger partial charge < -0.3 is 19.5 Å². The van der Waals surface area contributed by atoms with Gasteiger partial charge in [0.25, 0.3) is 5.91 Å². The molecule has 25 heavy (non-hydrogen) atoms. The summed E-state index contributed by atoms with van der Waals surface area (Å²) in [5.41, 5.74) is 2.10. The van der Waals surface area contributed by atoms with Gasteiger partial charge in [-0.3, -0.25) is 4.79 Å². The molecule has 0 bridgehead atoms. The topological polar surface area (TPSA) is 56.8 Å². The Hall–Kier alpha value is -2.21. The zero-order chi connectivity index (χ0) is 17.3. The fraction of sp³-hybridized carbons (Fsp3) is 0.350. The molecular weight excluding hydrogens is 318 g/mol. The van der Waals surface area contributed by atoms with Gasteiger partial charge in [0.2, 0.25) is 0 Å². The van der Waals surface area contributed by atoms with Crippen LogP contribution < -0.4 is 5.32 Å². The van der Waals surface area contributed by atoms with Crippen LogP contribution in [0.1, 0.15) is 17.2 Å². The van der Waals surface area contributed by atoms with E-state index in [1.165, 1.54) is 0 Å². The lowest BCUT2D eigenvalue weighted by Crippen LogP contribution is -2.44. The van der Waals surface area contributed by atoms with E-state index in [4.69, 9.17) is 14.2 Å². The van der Waals surface area contributed by atoms with Crippen LogP contribution in [-0.4, -0.2) is 38.4 Å². The molecule has 1 fully saturated rings. The molecule has 1 aliphatic heterocycles. The fourth-order valence-corrected chi connectivity index (χ4v) is 2.68. The summed E-state index contributed by atoms with van der Waals surface area (Å²) < 4.78 is 16.6. The van der Waals surface area contributed by atoms with Crippen molar-refractivity contribution in [1.82, 2.24) is 5.32 Å². The predicted molar refractivity (Wildman–Crippen MR) is 94.0 cm³/mol. The largest absolute Gasteiger partial charge is 0.376 e. The molecule has 2 atom stereocenters. The molecule has 132 valence electrons. The van der Waals surface area contributed by atoms with Gasteiger partial charge >= 0.3 is 0 Å². The summed E-state index contributed by atoms with van der Waals surface area (Å²) >= 11 is 0. The van der Waals surface area contributed by atoms with Crippen LogP contribution >= 0.6 is 0 Å². The zero-order valence-electron chi connectivity index (χ0n) is 14.1. The van der Waals surface area contributed by atoms with Crippen LogP contribution in [0.15, 0.2) is 60.7 Å². The maximum Gasteiger partial charge on any atom is 0.252 e. The van der Waals surface area contributed by atoms with Crippen LogP contribution in [0, 0.1) is 0 Å². The first-order valence-electron chi connectivity index (χ1n) is 8.49. The van der Waals surface area contributed by atoms with Crippen LogP contribution in [0.5, 0.6) is 0 Å². The van der Waals surface area contributed by atoms with Crippen LogP contribution in [-0.2, 0) is 25.6 Å². The smallest absolute Gasteiger partial charge is 0.252 e. The number of carbonyl (C=O) groups is 1. The van der Waals surface area contributed by atoms with Crippen molar-refractivity contribution in [3.05, 3.63) is 71.8 Å². The molecule has 0 radical (unpaired) electrons. The molecule has 0 aromatic heterocycles. The molecule has 1 N–H and O–H groups in total. The molecule has 2 aromatic rings. The highest BCUT2D eigenvalue weighted by Gasteiger charge is 2.25. The summed E-state index contributed by atoms with van der Waals surface area (Å²) in [6.07, 6.45) is -0.561. The van der Waals surface area contributed by atoms with Crippen molar-refractivity contribution in [2.75, 3.05) is 26.4 Å².